The quantitative estimate of drug-likeness (QED) is 0.783. The van der Waals surface area contributed by atoms with Gasteiger partial charge in [-0.25, -0.2) is 13.8 Å². The summed E-state index contributed by atoms with van der Waals surface area (Å²) in [4.78, 5) is 2.79. The molecule has 2 aromatic rings. The van der Waals surface area contributed by atoms with Crippen molar-refractivity contribution in [3.8, 4) is 0 Å². The third kappa shape index (κ3) is 4.60. The summed E-state index contributed by atoms with van der Waals surface area (Å²) in [6.45, 7) is 1.36. The van der Waals surface area contributed by atoms with Gasteiger partial charge in [-0.15, -0.1) is 0 Å². The summed E-state index contributed by atoms with van der Waals surface area (Å²) >= 11 is 0.158. The van der Waals surface area contributed by atoms with Crippen LogP contribution < -0.4 is 5.32 Å². The largest absolute Gasteiger partial charge is 0.436 e. The van der Waals surface area contributed by atoms with Crippen molar-refractivity contribution < 1.29 is 31.4 Å². The Labute approximate surface area is 137 Å². The number of nitrogens with zero attached hydrogens (tertiary/aromatic N) is 1. The molecule has 0 aliphatic rings. The molecule has 0 radical (unpaired) electrons. The second-order valence-corrected chi connectivity index (χ2v) is 6.07. The Morgan fingerprint density at radius 1 is 1.17 bits per heavy atom. The fourth-order valence-corrected chi connectivity index (χ4v) is 2.84. The molecule has 2 unspecified atom stereocenters. The minimum Gasteiger partial charge on any atom is -0.391 e. The molecule has 1 aromatic carbocycles. The maximum absolute atomic E-state index is 13.1. The predicted molar refractivity (Wildman–Crippen MR) is 76.2 cm³/mol. The van der Waals surface area contributed by atoms with Crippen LogP contribution in [0.3, 0.4) is 0 Å². The van der Waals surface area contributed by atoms with Crippen molar-refractivity contribution in [2.75, 3.05) is 5.32 Å². The SMILES string of the molecule is CC(Nc1sc(F)nc1C(F)(F)F)C(O)Cc1cc(F)cc(F)c1. The topological polar surface area (TPSA) is 45.2 Å². The van der Waals surface area contributed by atoms with Gasteiger partial charge in [0.2, 0.25) is 0 Å². The van der Waals surface area contributed by atoms with Gasteiger partial charge in [-0.05, 0) is 24.6 Å². The van der Waals surface area contributed by atoms with Gasteiger partial charge in [0, 0.05) is 12.5 Å². The van der Waals surface area contributed by atoms with Gasteiger partial charge >= 0.3 is 6.18 Å². The maximum Gasteiger partial charge on any atom is 0.436 e. The first-order chi connectivity index (χ1) is 11.1. The minimum absolute atomic E-state index is 0.139. The lowest BCUT2D eigenvalue weighted by molar-refractivity contribution is -0.140. The van der Waals surface area contributed by atoms with Gasteiger partial charge in [0.25, 0.3) is 5.26 Å². The number of alkyl halides is 3. The van der Waals surface area contributed by atoms with E-state index in [2.05, 4.69) is 10.3 Å². The summed E-state index contributed by atoms with van der Waals surface area (Å²) in [6.07, 6.45) is -6.32. The van der Waals surface area contributed by atoms with Crippen molar-refractivity contribution in [2.24, 2.45) is 0 Å². The molecule has 3 nitrogen and oxygen atoms in total. The fraction of sp³-hybridized carbons (Fsp3) is 0.357. The summed E-state index contributed by atoms with van der Waals surface area (Å²) in [7, 11) is 0. The molecule has 2 N–H and O–H groups in total. The molecule has 0 aliphatic carbocycles. The highest BCUT2D eigenvalue weighted by Gasteiger charge is 2.38. The van der Waals surface area contributed by atoms with E-state index in [1.54, 1.807) is 0 Å². The van der Waals surface area contributed by atoms with E-state index in [0.29, 0.717) is 6.07 Å². The zero-order valence-corrected chi connectivity index (χ0v) is 13.0. The first kappa shape index (κ1) is 18.5. The Balaban J connectivity index is 2.10. The van der Waals surface area contributed by atoms with Crippen molar-refractivity contribution in [2.45, 2.75) is 31.7 Å². The molecule has 1 aromatic heterocycles. The molecule has 0 fully saturated rings. The maximum atomic E-state index is 13.1. The van der Waals surface area contributed by atoms with Gasteiger partial charge < -0.3 is 10.4 Å². The first-order valence-electron chi connectivity index (χ1n) is 6.69. The van der Waals surface area contributed by atoms with Crippen LogP contribution >= 0.6 is 11.3 Å². The number of hydrogen-bond donors (Lipinski definition) is 2. The Kier molecular flexibility index (Phi) is 5.38. The second kappa shape index (κ2) is 6.98. The minimum atomic E-state index is -4.85. The third-order valence-electron chi connectivity index (χ3n) is 3.17. The highest BCUT2D eigenvalue weighted by Crippen LogP contribution is 2.37. The lowest BCUT2D eigenvalue weighted by atomic mass is 10.0. The molecule has 2 atom stereocenters. The fourth-order valence-electron chi connectivity index (χ4n) is 2.03. The van der Waals surface area contributed by atoms with Crippen molar-refractivity contribution in [1.29, 1.82) is 0 Å². The number of nitrogens with one attached hydrogen (secondary N) is 1. The average Bonchev–Trinajstić information content (AvgIpc) is 2.78. The van der Waals surface area contributed by atoms with Crippen LogP contribution in [-0.4, -0.2) is 22.2 Å². The van der Waals surface area contributed by atoms with E-state index < -0.39 is 45.9 Å². The molecule has 2 rings (SSSR count). The standard InChI is InChI=1S/C14H12F6N2OS/c1-6(10(23)4-7-2-8(15)5-9(16)3-7)21-12-11(14(18,19)20)22-13(17)24-12/h2-3,5-6,10,21,23H,4H2,1H3. The van der Waals surface area contributed by atoms with Gasteiger partial charge in [0.1, 0.15) is 16.6 Å². The van der Waals surface area contributed by atoms with Gasteiger partial charge in [-0.3, -0.25) is 0 Å². The van der Waals surface area contributed by atoms with Crippen LogP contribution in [0, 0.1) is 16.9 Å². The monoisotopic (exact) mass is 370 g/mol. The summed E-state index contributed by atoms with van der Waals surface area (Å²) in [5.74, 6) is -1.66. The Bertz CT molecular complexity index is 698. The van der Waals surface area contributed by atoms with E-state index in [0.717, 1.165) is 12.1 Å². The second-order valence-electron chi connectivity index (χ2n) is 5.12. The zero-order chi connectivity index (χ0) is 18.1. The number of thiazole rings is 1. The number of anilines is 1. The molecule has 0 amide bonds. The van der Waals surface area contributed by atoms with E-state index in [1.807, 2.05) is 0 Å². The molecule has 0 saturated carbocycles. The molecule has 24 heavy (non-hydrogen) atoms. The molecular formula is C14H12F6N2OS. The van der Waals surface area contributed by atoms with E-state index in [1.165, 1.54) is 6.92 Å². The highest BCUT2D eigenvalue weighted by atomic mass is 32.1. The molecule has 0 bridgehead atoms. The Morgan fingerprint density at radius 2 is 1.75 bits per heavy atom. The van der Waals surface area contributed by atoms with Crippen LogP contribution in [0.1, 0.15) is 18.2 Å². The highest BCUT2D eigenvalue weighted by molar-refractivity contribution is 7.14. The van der Waals surface area contributed by atoms with Gasteiger partial charge in [-0.2, -0.15) is 17.6 Å². The summed E-state index contributed by atoms with van der Waals surface area (Å²) in [5.41, 5.74) is -1.28. The number of aliphatic hydroxyl groups excluding tert-OH is 1. The van der Waals surface area contributed by atoms with Crippen molar-refractivity contribution in [3.05, 3.63) is 46.4 Å². The normalized spacial score (nSPS) is 14.5. The lowest BCUT2D eigenvalue weighted by Gasteiger charge is -2.21. The summed E-state index contributed by atoms with van der Waals surface area (Å²) in [5, 5.41) is 10.5. The number of aliphatic hydroxyl groups is 1. The predicted octanol–water partition coefficient (Wildman–Crippen LogP) is 3.98. The average molecular weight is 370 g/mol. The van der Waals surface area contributed by atoms with Crippen LogP contribution in [0.5, 0.6) is 0 Å². The Hall–Kier alpha value is -1.81. The van der Waals surface area contributed by atoms with Crippen LogP contribution in [0.4, 0.5) is 31.3 Å². The van der Waals surface area contributed by atoms with Gasteiger partial charge in [0.05, 0.1) is 12.1 Å². The van der Waals surface area contributed by atoms with Crippen LogP contribution in [0.2, 0.25) is 0 Å². The van der Waals surface area contributed by atoms with Crippen molar-refractivity contribution in [3.63, 3.8) is 0 Å². The zero-order valence-electron chi connectivity index (χ0n) is 12.2. The molecular weight excluding hydrogens is 358 g/mol. The van der Waals surface area contributed by atoms with Gasteiger partial charge in [-0.1, -0.05) is 11.3 Å². The number of rotatable bonds is 5. The third-order valence-corrected chi connectivity index (χ3v) is 3.95. The molecule has 1 heterocycles. The number of hydrogen-bond acceptors (Lipinski definition) is 4. The van der Waals surface area contributed by atoms with Crippen LogP contribution in [0.15, 0.2) is 18.2 Å². The smallest absolute Gasteiger partial charge is 0.391 e. The molecule has 0 aliphatic heterocycles. The van der Waals surface area contributed by atoms with E-state index in [-0.39, 0.29) is 23.3 Å². The van der Waals surface area contributed by atoms with E-state index >= 15 is 0 Å². The Morgan fingerprint density at radius 3 is 2.29 bits per heavy atom. The summed E-state index contributed by atoms with van der Waals surface area (Å²) < 4.78 is 77.5. The first-order valence-corrected chi connectivity index (χ1v) is 7.51. The van der Waals surface area contributed by atoms with Crippen LogP contribution in [0.25, 0.3) is 0 Å². The number of aromatic nitrogens is 1. The van der Waals surface area contributed by atoms with E-state index in [4.69, 9.17) is 0 Å². The van der Waals surface area contributed by atoms with Crippen LogP contribution in [-0.2, 0) is 12.6 Å². The van der Waals surface area contributed by atoms with Gasteiger partial charge in [0.15, 0.2) is 5.69 Å². The molecule has 0 saturated heterocycles. The molecule has 132 valence electrons. The van der Waals surface area contributed by atoms with E-state index in [9.17, 15) is 31.4 Å². The summed E-state index contributed by atoms with van der Waals surface area (Å²) in [6, 6.07) is 1.73. The molecule has 0 spiro atoms. The van der Waals surface area contributed by atoms with Crippen molar-refractivity contribution in [1.82, 2.24) is 4.98 Å². The number of halogens is 6. The number of benzene rings is 1. The lowest BCUT2D eigenvalue weighted by Crippen LogP contribution is -2.32. The van der Waals surface area contributed by atoms with Crippen molar-refractivity contribution >= 4 is 16.3 Å². The molecule has 10 heteroatoms.